The van der Waals surface area contributed by atoms with Gasteiger partial charge in [-0.25, -0.2) is 0 Å². The van der Waals surface area contributed by atoms with Crippen molar-refractivity contribution in [1.29, 1.82) is 0 Å². The van der Waals surface area contributed by atoms with Gasteiger partial charge in [0.05, 0.1) is 0 Å². The van der Waals surface area contributed by atoms with Gasteiger partial charge in [-0.05, 0) is 74.8 Å². The first kappa shape index (κ1) is 18.0. The third-order valence-electron chi connectivity index (χ3n) is 4.59. The Bertz CT molecular complexity index is 932. The van der Waals surface area contributed by atoms with Crippen LogP contribution in [-0.2, 0) is 0 Å². The maximum Gasteiger partial charge on any atom is 0.122 e. The molecule has 0 aromatic heterocycles. The van der Waals surface area contributed by atoms with Crippen LogP contribution < -0.4 is 0 Å². The molecule has 0 radical (unpaired) electrons. The number of phenols is 2. The van der Waals surface area contributed by atoms with Gasteiger partial charge in [0.25, 0.3) is 0 Å². The first-order valence-electron chi connectivity index (χ1n) is 8.70. The monoisotopic (exact) mass is 348 g/mol. The van der Waals surface area contributed by atoms with Gasteiger partial charge in [0.2, 0.25) is 0 Å². The highest BCUT2D eigenvalue weighted by Crippen LogP contribution is 2.33. The quantitative estimate of drug-likeness (QED) is 0.724. The summed E-state index contributed by atoms with van der Waals surface area (Å²) in [4.78, 5) is 0. The zero-order valence-electron chi connectivity index (χ0n) is 15.3. The highest BCUT2D eigenvalue weighted by Gasteiger charge is 2.21. The van der Waals surface area contributed by atoms with Gasteiger partial charge in [-0.3, -0.25) is 0 Å². The highest BCUT2D eigenvalue weighted by atomic mass is 16.3. The van der Waals surface area contributed by atoms with Gasteiger partial charge in [-0.2, -0.15) is 0 Å². The largest absolute Gasteiger partial charge is 0.507 e. The average molecular weight is 348 g/mol. The van der Waals surface area contributed by atoms with Crippen molar-refractivity contribution in [2.24, 2.45) is 0 Å². The van der Waals surface area contributed by atoms with E-state index in [-0.39, 0.29) is 11.5 Å². The zero-order chi connectivity index (χ0) is 18.8. The van der Waals surface area contributed by atoms with E-state index in [2.05, 4.69) is 0 Å². The molecule has 1 atom stereocenters. The lowest BCUT2D eigenvalue weighted by Gasteiger charge is -2.23. The Morgan fingerprint density at radius 1 is 0.846 bits per heavy atom. The predicted molar refractivity (Wildman–Crippen MR) is 106 cm³/mol. The van der Waals surface area contributed by atoms with Crippen LogP contribution in [0.5, 0.6) is 11.5 Å². The fraction of sp³-hybridized carbons (Fsp3) is 0.217. The van der Waals surface area contributed by atoms with Crippen molar-refractivity contribution in [2.75, 3.05) is 0 Å². The summed E-state index contributed by atoms with van der Waals surface area (Å²) in [6.45, 7) is 5.95. The number of phenolic OH excluding ortho intramolecular Hbond substituents is 2. The fourth-order valence-corrected chi connectivity index (χ4v) is 3.26. The van der Waals surface area contributed by atoms with E-state index in [4.69, 9.17) is 0 Å². The number of aliphatic hydroxyl groups excluding tert-OH is 1. The molecule has 0 saturated heterocycles. The lowest BCUT2D eigenvalue weighted by atomic mass is 9.86. The van der Waals surface area contributed by atoms with Crippen molar-refractivity contribution >= 4 is 12.2 Å². The smallest absolute Gasteiger partial charge is 0.122 e. The summed E-state index contributed by atoms with van der Waals surface area (Å²) in [7, 11) is 0. The molecule has 3 heteroatoms. The lowest BCUT2D eigenvalue weighted by molar-refractivity contribution is 0.247. The summed E-state index contributed by atoms with van der Waals surface area (Å²) in [6, 6.07) is 10.8. The second-order valence-electron chi connectivity index (χ2n) is 7.06. The van der Waals surface area contributed by atoms with E-state index in [1.165, 1.54) is 0 Å². The molecule has 0 amide bonds. The number of aromatic hydroxyl groups is 2. The molecule has 2 aromatic rings. The molecule has 0 bridgehead atoms. The van der Waals surface area contributed by atoms with Crippen molar-refractivity contribution in [2.45, 2.75) is 33.3 Å². The van der Waals surface area contributed by atoms with Crippen LogP contribution in [0.4, 0.5) is 0 Å². The third-order valence-corrected chi connectivity index (χ3v) is 4.59. The number of aliphatic hydroxyl groups is 1. The molecule has 0 aliphatic heterocycles. The molecule has 3 rings (SSSR count). The van der Waals surface area contributed by atoms with Gasteiger partial charge in [0.15, 0.2) is 0 Å². The van der Waals surface area contributed by atoms with Crippen LogP contribution in [-0.4, -0.2) is 21.4 Å². The second kappa shape index (κ2) is 7.22. The third kappa shape index (κ3) is 3.89. The van der Waals surface area contributed by atoms with Gasteiger partial charge in [0.1, 0.15) is 17.6 Å². The molecule has 0 heterocycles. The van der Waals surface area contributed by atoms with Crippen LogP contribution in [0.3, 0.4) is 0 Å². The van der Waals surface area contributed by atoms with E-state index in [9.17, 15) is 15.3 Å². The topological polar surface area (TPSA) is 60.7 Å². The normalized spacial score (nSPS) is 20.5. The highest BCUT2D eigenvalue weighted by molar-refractivity contribution is 5.69. The van der Waals surface area contributed by atoms with Gasteiger partial charge >= 0.3 is 0 Å². The number of aryl methyl sites for hydroxylation is 2. The summed E-state index contributed by atoms with van der Waals surface area (Å²) in [6.07, 6.45) is 5.50. The Morgan fingerprint density at radius 2 is 1.38 bits per heavy atom. The minimum absolute atomic E-state index is 0.189. The standard InChI is InChI=1S/C23H24O3/c1-14-4-6-21(24)17(8-14)12-19-10-16(3)11-20(23(19)26)13-18-9-15(2)5-7-22(18)25/h4-10,12-13,23-26H,11H2,1-3H3/b19-12+,20-13-. The first-order chi connectivity index (χ1) is 12.3. The number of hydrogen-bond donors (Lipinski definition) is 3. The summed E-state index contributed by atoms with van der Waals surface area (Å²) in [5.41, 5.74) is 6.15. The Kier molecular flexibility index (Phi) is 5.01. The molecule has 1 aliphatic rings. The van der Waals surface area contributed by atoms with Gasteiger partial charge in [-0.1, -0.05) is 34.9 Å². The minimum Gasteiger partial charge on any atom is -0.507 e. The molecule has 26 heavy (non-hydrogen) atoms. The summed E-state index contributed by atoms with van der Waals surface area (Å²) in [5.74, 6) is 0.387. The summed E-state index contributed by atoms with van der Waals surface area (Å²) < 4.78 is 0. The summed E-state index contributed by atoms with van der Waals surface area (Å²) in [5, 5.41) is 31.0. The maximum absolute atomic E-state index is 10.8. The Balaban J connectivity index is 2.03. The number of benzene rings is 2. The van der Waals surface area contributed by atoms with Crippen molar-refractivity contribution in [3.8, 4) is 11.5 Å². The molecule has 0 spiro atoms. The molecular weight excluding hydrogens is 324 g/mol. The van der Waals surface area contributed by atoms with Crippen molar-refractivity contribution in [3.05, 3.63) is 81.4 Å². The molecule has 2 aromatic carbocycles. The summed E-state index contributed by atoms with van der Waals surface area (Å²) >= 11 is 0. The van der Waals surface area contributed by atoms with Gasteiger partial charge < -0.3 is 15.3 Å². The Hall–Kier alpha value is -2.78. The van der Waals surface area contributed by atoms with Crippen LogP contribution in [0.1, 0.15) is 35.6 Å². The molecule has 3 nitrogen and oxygen atoms in total. The second-order valence-corrected chi connectivity index (χ2v) is 7.06. The molecule has 3 N–H and O–H groups in total. The van der Waals surface area contributed by atoms with E-state index in [1.807, 2.05) is 63.3 Å². The van der Waals surface area contributed by atoms with Gasteiger partial charge in [0, 0.05) is 11.1 Å². The first-order valence-corrected chi connectivity index (χ1v) is 8.70. The van der Waals surface area contributed by atoms with Crippen LogP contribution in [0.2, 0.25) is 0 Å². The molecule has 134 valence electrons. The number of allylic oxidation sites excluding steroid dienone is 1. The van der Waals surface area contributed by atoms with Crippen molar-refractivity contribution < 1.29 is 15.3 Å². The van der Waals surface area contributed by atoms with Crippen LogP contribution in [0.15, 0.2) is 59.2 Å². The van der Waals surface area contributed by atoms with Crippen LogP contribution in [0.25, 0.3) is 12.2 Å². The maximum atomic E-state index is 10.8. The predicted octanol–water partition coefficient (Wildman–Crippen LogP) is 4.89. The lowest BCUT2D eigenvalue weighted by Crippen LogP contribution is -2.17. The molecule has 0 saturated carbocycles. The SMILES string of the molecule is CC1=C/C(=C\c2cc(C)ccc2O)C(O)/C(=C\c2cc(C)ccc2O)C1. The average Bonchev–Trinajstić information content (AvgIpc) is 2.58. The van der Waals surface area contributed by atoms with Crippen LogP contribution in [0, 0.1) is 13.8 Å². The van der Waals surface area contributed by atoms with Crippen molar-refractivity contribution in [3.63, 3.8) is 0 Å². The molecule has 1 aliphatic carbocycles. The fourth-order valence-electron chi connectivity index (χ4n) is 3.26. The van der Waals surface area contributed by atoms with E-state index < -0.39 is 6.10 Å². The minimum atomic E-state index is -0.779. The van der Waals surface area contributed by atoms with Gasteiger partial charge in [-0.15, -0.1) is 0 Å². The molecule has 1 unspecified atom stereocenters. The number of hydrogen-bond acceptors (Lipinski definition) is 3. The van der Waals surface area contributed by atoms with Crippen molar-refractivity contribution in [1.82, 2.24) is 0 Å². The van der Waals surface area contributed by atoms with E-state index >= 15 is 0 Å². The van der Waals surface area contributed by atoms with E-state index in [0.717, 1.165) is 27.8 Å². The Labute approximate surface area is 154 Å². The Morgan fingerprint density at radius 3 is 1.96 bits per heavy atom. The zero-order valence-corrected chi connectivity index (χ0v) is 15.3. The molecule has 0 fully saturated rings. The molecular formula is C23H24O3. The van der Waals surface area contributed by atoms with Crippen LogP contribution >= 0.6 is 0 Å². The van der Waals surface area contributed by atoms with E-state index in [1.54, 1.807) is 12.1 Å². The number of rotatable bonds is 2. The van der Waals surface area contributed by atoms with E-state index in [0.29, 0.717) is 17.5 Å².